The first-order valence-corrected chi connectivity index (χ1v) is 6.88. The summed E-state index contributed by atoms with van der Waals surface area (Å²) in [6.07, 6.45) is 4.42. The summed E-state index contributed by atoms with van der Waals surface area (Å²) in [5.41, 5.74) is 0.930. The van der Waals surface area contributed by atoms with E-state index in [-0.39, 0.29) is 6.42 Å². The molecule has 2 aromatic rings. The summed E-state index contributed by atoms with van der Waals surface area (Å²) in [5.74, 6) is -1.12. The van der Waals surface area contributed by atoms with E-state index >= 15 is 0 Å². The number of aliphatic carboxylic acids is 1. The molecule has 7 heteroatoms. The molecule has 0 spiro atoms. The van der Waals surface area contributed by atoms with Crippen molar-refractivity contribution in [2.75, 3.05) is 0 Å². The first-order chi connectivity index (χ1) is 10.3. The highest BCUT2D eigenvalue weighted by atomic mass is 16.6. The number of fused-ring (bicyclic) bond motifs is 1. The molecule has 0 aliphatic heterocycles. The number of rotatable bonds is 4. The van der Waals surface area contributed by atoms with Crippen molar-refractivity contribution in [3.63, 3.8) is 0 Å². The van der Waals surface area contributed by atoms with Crippen LogP contribution in [-0.4, -0.2) is 38.8 Å². The van der Waals surface area contributed by atoms with Crippen LogP contribution in [-0.2, 0) is 16.0 Å². The Morgan fingerprint density at radius 2 is 2.18 bits per heavy atom. The number of carboxylic acid groups (broad SMARTS) is 1. The number of hydrogen-bond acceptors (Lipinski definition) is 4. The van der Waals surface area contributed by atoms with Gasteiger partial charge in [-0.2, -0.15) is 0 Å². The van der Waals surface area contributed by atoms with E-state index in [1.165, 1.54) is 0 Å². The Morgan fingerprint density at radius 3 is 2.82 bits per heavy atom. The fourth-order valence-corrected chi connectivity index (χ4v) is 2.07. The van der Waals surface area contributed by atoms with E-state index in [1.54, 1.807) is 45.4 Å². The second kappa shape index (κ2) is 6.05. The molecule has 0 aromatic carbocycles. The van der Waals surface area contributed by atoms with Crippen LogP contribution in [0, 0.1) is 0 Å². The van der Waals surface area contributed by atoms with Crippen molar-refractivity contribution < 1.29 is 19.4 Å². The monoisotopic (exact) mass is 305 g/mol. The van der Waals surface area contributed by atoms with Crippen LogP contribution in [0.3, 0.4) is 0 Å². The molecule has 3 N–H and O–H groups in total. The largest absolute Gasteiger partial charge is 0.480 e. The minimum Gasteiger partial charge on any atom is -0.480 e. The topological polar surface area (TPSA) is 104 Å². The van der Waals surface area contributed by atoms with Crippen molar-refractivity contribution in [3.05, 3.63) is 30.2 Å². The number of hydrogen-bond donors (Lipinski definition) is 3. The van der Waals surface area contributed by atoms with E-state index in [4.69, 9.17) is 4.74 Å². The Hall–Kier alpha value is -2.57. The van der Waals surface area contributed by atoms with E-state index < -0.39 is 23.7 Å². The van der Waals surface area contributed by atoms with Crippen LogP contribution in [0.15, 0.2) is 24.7 Å². The second-order valence-corrected chi connectivity index (χ2v) is 5.98. The van der Waals surface area contributed by atoms with Crippen molar-refractivity contribution in [1.82, 2.24) is 15.3 Å². The first-order valence-electron chi connectivity index (χ1n) is 6.88. The third-order valence-corrected chi connectivity index (χ3v) is 2.98. The predicted molar refractivity (Wildman–Crippen MR) is 80.6 cm³/mol. The molecule has 2 rings (SSSR count). The molecule has 0 bridgehead atoms. The van der Waals surface area contributed by atoms with Gasteiger partial charge in [0.2, 0.25) is 0 Å². The predicted octanol–water partition coefficient (Wildman–Crippen LogP) is 2.08. The number of nitrogens with one attached hydrogen (secondary N) is 2. The van der Waals surface area contributed by atoms with E-state index in [0.29, 0.717) is 0 Å². The van der Waals surface area contributed by atoms with Gasteiger partial charge >= 0.3 is 12.1 Å². The molecule has 0 aliphatic carbocycles. The molecule has 0 aliphatic rings. The Bertz CT molecular complexity index is 687. The molecular weight excluding hydrogens is 286 g/mol. The zero-order valence-electron chi connectivity index (χ0n) is 12.7. The minimum absolute atomic E-state index is 0.151. The molecule has 118 valence electrons. The summed E-state index contributed by atoms with van der Waals surface area (Å²) in [6, 6.07) is 0.732. The average molecular weight is 305 g/mol. The quantitative estimate of drug-likeness (QED) is 0.802. The number of carboxylic acids is 1. The minimum atomic E-state index is -1.12. The zero-order chi connectivity index (χ0) is 16.3. The molecule has 0 saturated heterocycles. The van der Waals surface area contributed by atoms with Crippen LogP contribution in [0.1, 0.15) is 26.3 Å². The van der Waals surface area contributed by atoms with E-state index in [9.17, 15) is 14.7 Å². The molecule has 1 amide bonds. The molecule has 2 aromatic heterocycles. The van der Waals surface area contributed by atoms with Gasteiger partial charge in [-0.25, -0.2) is 9.59 Å². The fraction of sp³-hybridized carbons (Fsp3) is 0.400. The molecule has 0 unspecified atom stereocenters. The van der Waals surface area contributed by atoms with E-state index in [2.05, 4.69) is 15.3 Å². The lowest BCUT2D eigenvalue weighted by atomic mass is 10.1. The van der Waals surface area contributed by atoms with Gasteiger partial charge in [0.05, 0.1) is 11.7 Å². The number of aromatic amines is 1. The van der Waals surface area contributed by atoms with Gasteiger partial charge in [0.15, 0.2) is 0 Å². The van der Waals surface area contributed by atoms with Gasteiger partial charge in [0.25, 0.3) is 0 Å². The summed E-state index contributed by atoms with van der Waals surface area (Å²) in [7, 11) is 0. The summed E-state index contributed by atoms with van der Waals surface area (Å²) in [5, 5.41) is 12.6. The van der Waals surface area contributed by atoms with Gasteiger partial charge in [-0.3, -0.25) is 4.98 Å². The summed E-state index contributed by atoms with van der Waals surface area (Å²) in [4.78, 5) is 30.1. The third kappa shape index (κ3) is 3.97. The van der Waals surface area contributed by atoms with Gasteiger partial charge < -0.3 is 20.1 Å². The highest BCUT2D eigenvalue weighted by Gasteiger charge is 2.25. The standard InChI is InChI=1S/C15H19N3O4/c1-15(2,3)22-14(21)18-11(13(19)20)6-9-7-17-12-8-16-5-4-10(9)12/h4-5,7-8,11,17H,6H2,1-3H3,(H,18,21)(H,19,20)/t11-/m1/s1. The number of pyridine rings is 1. The summed E-state index contributed by atoms with van der Waals surface area (Å²) >= 11 is 0. The van der Waals surface area contributed by atoms with E-state index in [0.717, 1.165) is 16.5 Å². The first kappa shape index (κ1) is 15.8. The number of H-pyrrole nitrogens is 1. The summed E-state index contributed by atoms with van der Waals surface area (Å²) in [6.45, 7) is 5.15. The number of nitrogens with zero attached hydrogens (tertiary/aromatic N) is 1. The Kier molecular flexibility index (Phi) is 4.35. The molecule has 1 atom stereocenters. The van der Waals surface area contributed by atoms with Gasteiger partial charge in [0, 0.05) is 24.2 Å². The lowest BCUT2D eigenvalue weighted by Gasteiger charge is -2.21. The molecular formula is C15H19N3O4. The van der Waals surface area contributed by atoms with Gasteiger partial charge in [-0.05, 0) is 32.4 Å². The maximum atomic E-state index is 11.8. The normalized spacial score (nSPS) is 12.9. The Morgan fingerprint density at radius 1 is 1.45 bits per heavy atom. The number of aromatic nitrogens is 2. The van der Waals surface area contributed by atoms with Crippen molar-refractivity contribution in [1.29, 1.82) is 0 Å². The molecule has 2 heterocycles. The lowest BCUT2D eigenvalue weighted by molar-refractivity contribution is -0.139. The number of amides is 1. The number of carbonyl (C=O) groups excluding carboxylic acids is 1. The van der Waals surface area contributed by atoms with Crippen molar-refractivity contribution in [2.24, 2.45) is 0 Å². The van der Waals surface area contributed by atoms with Crippen molar-refractivity contribution in [3.8, 4) is 0 Å². The van der Waals surface area contributed by atoms with E-state index in [1.807, 2.05) is 0 Å². The number of alkyl carbamates (subject to hydrolysis) is 1. The number of ether oxygens (including phenoxy) is 1. The van der Waals surface area contributed by atoms with Crippen LogP contribution in [0.25, 0.3) is 10.9 Å². The smallest absolute Gasteiger partial charge is 0.408 e. The van der Waals surface area contributed by atoms with Gasteiger partial charge in [0.1, 0.15) is 11.6 Å². The highest BCUT2D eigenvalue weighted by Crippen LogP contribution is 2.18. The molecule has 0 radical (unpaired) electrons. The fourth-order valence-electron chi connectivity index (χ4n) is 2.07. The Balaban J connectivity index is 2.12. The van der Waals surface area contributed by atoms with Gasteiger partial charge in [-0.1, -0.05) is 0 Å². The van der Waals surface area contributed by atoms with Crippen LogP contribution >= 0.6 is 0 Å². The maximum absolute atomic E-state index is 11.8. The zero-order valence-corrected chi connectivity index (χ0v) is 12.7. The molecule has 0 saturated carbocycles. The van der Waals surface area contributed by atoms with Crippen LogP contribution in [0.5, 0.6) is 0 Å². The van der Waals surface area contributed by atoms with Crippen LogP contribution < -0.4 is 5.32 Å². The maximum Gasteiger partial charge on any atom is 0.408 e. The Labute approximate surface area is 127 Å². The van der Waals surface area contributed by atoms with Crippen LogP contribution in [0.4, 0.5) is 4.79 Å². The van der Waals surface area contributed by atoms with Gasteiger partial charge in [-0.15, -0.1) is 0 Å². The molecule has 22 heavy (non-hydrogen) atoms. The number of carbonyl (C=O) groups is 2. The summed E-state index contributed by atoms with van der Waals surface area (Å²) < 4.78 is 5.09. The molecule has 7 nitrogen and oxygen atoms in total. The van der Waals surface area contributed by atoms with Crippen molar-refractivity contribution in [2.45, 2.75) is 38.8 Å². The van der Waals surface area contributed by atoms with Crippen molar-refractivity contribution >= 4 is 23.0 Å². The third-order valence-electron chi connectivity index (χ3n) is 2.98. The van der Waals surface area contributed by atoms with Crippen LogP contribution in [0.2, 0.25) is 0 Å². The SMILES string of the molecule is CC(C)(C)OC(=O)N[C@H](Cc1c[nH]c2cnccc12)C(=O)O. The highest BCUT2D eigenvalue weighted by molar-refractivity contribution is 5.85. The second-order valence-electron chi connectivity index (χ2n) is 5.98. The average Bonchev–Trinajstić information content (AvgIpc) is 2.79. The lowest BCUT2D eigenvalue weighted by Crippen LogP contribution is -2.44. The molecule has 0 fully saturated rings.